The summed E-state index contributed by atoms with van der Waals surface area (Å²) in [7, 11) is 5.20. The van der Waals surface area contributed by atoms with Crippen LogP contribution in [-0.2, 0) is 11.2 Å². The Labute approximate surface area is 143 Å². The predicted molar refractivity (Wildman–Crippen MR) is 93.1 cm³/mol. The second-order valence-electron chi connectivity index (χ2n) is 6.33. The number of piperidine rings is 1. The zero-order valence-corrected chi connectivity index (χ0v) is 14.7. The van der Waals surface area contributed by atoms with Crippen LogP contribution >= 0.6 is 0 Å². The number of nitrogens with one attached hydrogen (secondary N) is 1. The highest BCUT2D eigenvalue weighted by atomic mass is 16.5. The maximum Gasteiger partial charge on any atom is 0.317 e. The van der Waals surface area contributed by atoms with Crippen molar-refractivity contribution in [2.45, 2.75) is 19.3 Å². The Hall–Kier alpha value is -2.24. The molecule has 1 aromatic carbocycles. The summed E-state index contributed by atoms with van der Waals surface area (Å²) in [5.74, 6) is 1.03. The van der Waals surface area contributed by atoms with E-state index in [1.54, 1.807) is 31.0 Å². The number of methoxy groups -OCH3 is 1. The summed E-state index contributed by atoms with van der Waals surface area (Å²) in [5, 5.41) is 2.96. The molecule has 0 aromatic heterocycles. The fourth-order valence-corrected chi connectivity index (χ4v) is 2.95. The van der Waals surface area contributed by atoms with E-state index >= 15 is 0 Å². The first-order chi connectivity index (χ1) is 11.5. The molecule has 1 aliphatic rings. The molecule has 6 nitrogen and oxygen atoms in total. The number of rotatable bonds is 5. The lowest BCUT2D eigenvalue weighted by Crippen LogP contribution is -2.47. The molecule has 3 amide bonds. The molecular formula is C18H27N3O3. The number of likely N-dealkylation sites (tertiary alicyclic amines) is 1. The molecule has 1 N–H and O–H groups in total. The fourth-order valence-electron chi connectivity index (χ4n) is 2.95. The molecule has 0 bridgehead atoms. The second-order valence-corrected chi connectivity index (χ2v) is 6.33. The van der Waals surface area contributed by atoms with Crippen molar-refractivity contribution in [1.29, 1.82) is 0 Å². The maximum absolute atomic E-state index is 12.2. The highest BCUT2D eigenvalue weighted by Crippen LogP contribution is 2.19. The summed E-state index contributed by atoms with van der Waals surface area (Å²) in [6.45, 7) is 1.85. The third kappa shape index (κ3) is 4.88. The maximum atomic E-state index is 12.2. The minimum Gasteiger partial charge on any atom is -0.497 e. The standard InChI is InChI=1S/C18H27N3O3/c1-20(2)17(22)15-8-11-21(12-9-15)18(23)19-10-7-14-5-4-6-16(13-14)24-3/h4-6,13,15H,7-12H2,1-3H3,(H,19,23). The molecule has 0 aliphatic carbocycles. The van der Waals surface area contributed by atoms with E-state index in [4.69, 9.17) is 4.74 Å². The van der Waals surface area contributed by atoms with Crippen molar-refractivity contribution >= 4 is 11.9 Å². The molecule has 0 radical (unpaired) electrons. The summed E-state index contributed by atoms with van der Waals surface area (Å²) < 4.78 is 5.20. The van der Waals surface area contributed by atoms with Crippen molar-refractivity contribution in [2.75, 3.05) is 40.8 Å². The second kappa shape index (κ2) is 8.57. The Kier molecular flexibility index (Phi) is 6.46. The normalized spacial score (nSPS) is 15.0. The quantitative estimate of drug-likeness (QED) is 0.893. The summed E-state index contributed by atoms with van der Waals surface area (Å²) in [5.41, 5.74) is 1.13. The van der Waals surface area contributed by atoms with Crippen LogP contribution in [0.3, 0.4) is 0 Å². The zero-order valence-electron chi connectivity index (χ0n) is 14.7. The van der Waals surface area contributed by atoms with Crippen LogP contribution in [0.15, 0.2) is 24.3 Å². The van der Waals surface area contributed by atoms with Gasteiger partial charge in [-0.25, -0.2) is 4.79 Å². The number of urea groups is 1. The minimum absolute atomic E-state index is 0.0424. The molecule has 1 fully saturated rings. The van der Waals surface area contributed by atoms with Crippen LogP contribution in [0, 0.1) is 5.92 Å². The van der Waals surface area contributed by atoms with Gasteiger partial charge in [-0.15, -0.1) is 0 Å². The third-order valence-electron chi connectivity index (χ3n) is 4.40. The number of benzene rings is 1. The van der Waals surface area contributed by atoms with Crippen molar-refractivity contribution < 1.29 is 14.3 Å². The number of hydrogen-bond acceptors (Lipinski definition) is 3. The van der Waals surface area contributed by atoms with E-state index in [1.807, 2.05) is 24.3 Å². The lowest BCUT2D eigenvalue weighted by Gasteiger charge is -2.32. The summed E-state index contributed by atoms with van der Waals surface area (Å²) in [4.78, 5) is 27.6. The van der Waals surface area contributed by atoms with Crippen molar-refractivity contribution in [3.05, 3.63) is 29.8 Å². The number of nitrogens with zero attached hydrogens (tertiary/aromatic N) is 2. The van der Waals surface area contributed by atoms with Crippen LogP contribution in [0.1, 0.15) is 18.4 Å². The average Bonchev–Trinajstić information content (AvgIpc) is 2.61. The molecule has 1 aromatic rings. The van der Waals surface area contributed by atoms with E-state index in [1.165, 1.54) is 0 Å². The van der Waals surface area contributed by atoms with Gasteiger partial charge in [-0.1, -0.05) is 12.1 Å². The van der Waals surface area contributed by atoms with Gasteiger partial charge in [0.15, 0.2) is 0 Å². The summed E-state index contributed by atoms with van der Waals surface area (Å²) in [6, 6.07) is 7.80. The van der Waals surface area contributed by atoms with Gasteiger partial charge in [-0.2, -0.15) is 0 Å². The van der Waals surface area contributed by atoms with Crippen LogP contribution in [-0.4, -0.2) is 62.6 Å². The molecule has 6 heteroatoms. The van der Waals surface area contributed by atoms with E-state index in [0.717, 1.165) is 30.6 Å². The van der Waals surface area contributed by atoms with Crippen LogP contribution in [0.2, 0.25) is 0 Å². The molecule has 132 valence electrons. The minimum atomic E-state index is -0.0475. The van der Waals surface area contributed by atoms with Crippen LogP contribution in [0.4, 0.5) is 4.79 Å². The first kappa shape index (κ1) is 18.1. The van der Waals surface area contributed by atoms with E-state index < -0.39 is 0 Å². The number of amides is 3. The van der Waals surface area contributed by atoms with Crippen LogP contribution in [0.25, 0.3) is 0 Å². The Morgan fingerprint density at radius 2 is 2.00 bits per heavy atom. The molecule has 1 aliphatic heterocycles. The number of hydrogen-bond donors (Lipinski definition) is 1. The molecule has 0 spiro atoms. The molecule has 0 unspecified atom stereocenters. The molecule has 1 saturated heterocycles. The predicted octanol–water partition coefficient (Wildman–Crippen LogP) is 1.75. The monoisotopic (exact) mass is 333 g/mol. The topological polar surface area (TPSA) is 61.9 Å². The largest absolute Gasteiger partial charge is 0.497 e. The van der Waals surface area contributed by atoms with Gasteiger partial charge in [0, 0.05) is 39.6 Å². The summed E-state index contributed by atoms with van der Waals surface area (Å²) in [6.07, 6.45) is 2.24. The Balaban J connectivity index is 1.73. The molecule has 0 saturated carbocycles. The summed E-state index contributed by atoms with van der Waals surface area (Å²) >= 11 is 0. The third-order valence-corrected chi connectivity index (χ3v) is 4.40. The van der Waals surface area contributed by atoms with Gasteiger partial charge in [0.2, 0.25) is 5.91 Å². The van der Waals surface area contributed by atoms with Gasteiger partial charge in [0.25, 0.3) is 0 Å². The van der Waals surface area contributed by atoms with E-state index in [-0.39, 0.29) is 17.9 Å². The van der Waals surface area contributed by atoms with Gasteiger partial charge in [-0.05, 0) is 37.0 Å². The lowest BCUT2D eigenvalue weighted by molar-refractivity contribution is -0.134. The molecule has 24 heavy (non-hydrogen) atoms. The molecule has 0 atom stereocenters. The first-order valence-corrected chi connectivity index (χ1v) is 8.38. The fraction of sp³-hybridized carbons (Fsp3) is 0.556. The number of carbonyl (C=O) groups excluding carboxylic acids is 2. The van der Waals surface area contributed by atoms with Crippen LogP contribution < -0.4 is 10.1 Å². The van der Waals surface area contributed by atoms with E-state index in [0.29, 0.717) is 19.6 Å². The van der Waals surface area contributed by atoms with Crippen molar-refractivity contribution in [2.24, 2.45) is 5.92 Å². The molecular weight excluding hydrogens is 306 g/mol. The van der Waals surface area contributed by atoms with Gasteiger partial charge < -0.3 is 19.9 Å². The van der Waals surface area contributed by atoms with Crippen molar-refractivity contribution in [3.63, 3.8) is 0 Å². The number of ether oxygens (including phenoxy) is 1. The highest BCUT2D eigenvalue weighted by Gasteiger charge is 2.27. The average molecular weight is 333 g/mol. The van der Waals surface area contributed by atoms with Gasteiger partial charge in [0.1, 0.15) is 5.75 Å². The van der Waals surface area contributed by atoms with Crippen LogP contribution in [0.5, 0.6) is 5.75 Å². The van der Waals surface area contributed by atoms with Gasteiger partial charge >= 0.3 is 6.03 Å². The smallest absolute Gasteiger partial charge is 0.317 e. The van der Waals surface area contributed by atoms with Gasteiger partial charge in [-0.3, -0.25) is 4.79 Å². The lowest BCUT2D eigenvalue weighted by atomic mass is 9.96. The van der Waals surface area contributed by atoms with E-state index in [9.17, 15) is 9.59 Å². The SMILES string of the molecule is COc1cccc(CCNC(=O)N2CCC(C(=O)N(C)C)CC2)c1. The zero-order chi connectivity index (χ0) is 17.5. The number of carbonyl (C=O) groups is 2. The Bertz CT molecular complexity index is 566. The Morgan fingerprint density at radius 1 is 1.29 bits per heavy atom. The van der Waals surface area contributed by atoms with Crippen molar-refractivity contribution in [3.8, 4) is 5.75 Å². The highest BCUT2D eigenvalue weighted by molar-refractivity contribution is 5.79. The van der Waals surface area contributed by atoms with Crippen molar-refractivity contribution in [1.82, 2.24) is 15.1 Å². The van der Waals surface area contributed by atoms with Gasteiger partial charge in [0.05, 0.1) is 7.11 Å². The molecule has 2 rings (SSSR count). The molecule has 1 heterocycles. The first-order valence-electron chi connectivity index (χ1n) is 8.38. The van der Waals surface area contributed by atoms with E-state index in [2.05, 4.69) is 5.32 Å². The Morgan fingerprint density at radius 3 is 2.62 bits per heavy atom.